The summed E-state index contributed by atoms with van der Waals surface area (Å²) in [5, 5.41) is 3.24. The summed E-state index contributed by atoms with van der Waals surface area (Å²) in [7, 11) is 0. The standard InChI is InChI=1S/C11H19NO3/c13-11(9-3-6-14-7-4-9)15-10-2-1-5-12-8-10/h9-10,12H,1-8H2. The quantitative estimate of drug-likeness (QED) is 0.686. The van der Waals surface area contributed by atoms with E-state index in [4.69, 9.17) is 9.47 Å². The summed E-state index contributed by atoms with van der Waals surface area (Å²) >= 11 is 0. The maximum atomic E-state index is 11.8. The molecule has 0 saturated carbocycles. The second-order valence-corrected chi connectivity index (χ2v) is 4.29. The van der Waals surface area contributed by atoms with Crippen LogP contribution in [0.25, 0.3) is 0 Å². The first-order valence-electron chi connectivity index (χ1n) is 5.85. The molecule has 1 atom stereocenters. The molecular weight excluding hydrogens is 194 g/mol. The van der Waals surface area contributed by atoms with Crippen LogP contribution in [-0.2, 0) is 14.3 Å². The predicted molar refractivity (Wildman–Crippen MR) is 55.5 cm³/mol. The summed E-state index contributed by atoms with van der Waals surface area (Å²) in [6, 6.07) is 0. The van der Waals surface area contributed by atoms with Gasteiger partial charge in [-0.1, -0.05) is 0 Å². The first kappa shape index (κ1) is 10.9. The zero-order chi connectivity index (χ0) is 10.5. The molecule has 0 bridgehead atoms. The van der Waals surface area contributed by atoms with Gasteiger partial charge < -0.3 is 14.8 Å². The molecule has 2 aliphatic heterocycles. The number of hydrogen-bond acceptors (Lipinski definition) is 4. The van der Waals surface area contributed by atoms with Crippen molar-refractivity contribution in [2.45, 2.75) is 31.8 Å². The van der Waals surface area contributed by atoms with E-state index in [1.54, 1.807) is 0 Å². The third-order valence-electron chi connectivity index (χ3n) is 3.09. The lowest BCUT2D eigenvalue weighted by molar-refractivity contribution is -0.157. The lowest BCUT2D eigenvalue weighted by Gasteiger charge is -2.26. The van der Waals surface area contributed by atoms with Crippen molar-refractivity contribution >= 4 is 5.97 Å². The van der Waals surface area contributed by atoms with Gasteiger partial charge in [0.2, 0.25) is 0 Å². The molecule has 2 rings (SSSR count). The van der Waals surface area contributed by atoms with Crippen LogP contribution >= 0.6 is 0 Å². The number of carbonyl (C=O) groups is 1. The minimum Gasteiger partial charge on any atom is -0.461 e. The Morgan fingerprint density at radius 3 is 2.73 bits per heavy atom. The van der Waals surface area contributed by atoms with Crippen LogP contribution in [0.2, 0.25) is 0 Å². The van der Waals surface area contributed by atoms with Gasteiger partial charge >= 0.3 is 5.97 Å². The summed E-state index contributed by atoms with van der Waals surface area (Å²) in [6.07, 6.45) is 3.83. The highest BCUT2D eigenvalue weighted by atomic mass is 16.5. The van der Waals surface area contributed by atoms with Crippen LogP contribution in [0, 0.1) is 5.92 Å². The van der Waals surface area contributed by atoms with Gasteiger partial charge in [0.25, 0.3) is 0 Å². The third-order valence-corrected chi connectivity index (χ3v) is 3.09. The van der Waals surface area contributed by atoms with E-state index < -0.39 is 0 Å². The first-order valence-corrected chi connectivity index (χ1v) is 5.85. The second-order valence-electron chi connectivity index (χ2n) is 4.29. The van der Waals surface area contributed by atoms with Crippen LogP contribution in [0.4, 0.5) is 0 Å². The molecule has 4 heteroatoms. The van der Waals surface area contributed by atoms with Crippen LogP contribution in [0.3, 0.4) is 0 Å². The predicted octanol–water partition coefficient (Wildman–Crippen LogP) is 0.708. The van der Waals surface area contributed by atoms with Crippen molar-refractivity contribution in [1.29, 1.82) is 0 Å². The molecule has 0 amide bonds. The van der Waals surface area contributed by atoms with Crippen molar-refractivity contribution in [1.82, 2.24) is 5.32 Å². The Morgan fingerprint density at radius 2 is 2.07 bits per heavy atom. The number of piperidine rings is 1. The Bertz CT molecular complexity index is 208. The number of rotatable bonds is 2. The Balaban J connectivity index is 1.74. The van der Waals surface area contributed by atoms with E-state index in [2.05, 4.69) is 5.32 Å². The fraction of sp³-hybridized carbons (Fsp3) is 0.909. The van der Waals surface area contributed by atoms with E-state index in [9.17, 15) is 4.79 Å². The molecule has 0 aromatic carbocycles. The Kier molecular flexibility index (Phi) is 3.97. The normalized spacial score (nSPS) is 28.7. The smallest absolute Gasteiger partial charge is 0.309 e. The van der Waals surface area contributed by atoms with Gasteiger partial charge in [0.1, 0.15) is 6.10 Å². The average Bonchev–Trinajstić information content (AvgIpc) is 2.31. The topological polar surface area (TPSA) is 47.6 Å². The number of ether oxygens (including phenoxy) is 2. The lowest BCUT2D eigenvalue weighted by Crippen LogP contribution is -2.38. The largest absolute Gasteiger partial charge is 0.461 e. The van der Waals surface area contributed by atoms with Gasteiger partial charge in [0.15, 0.2) is 0 Å². The second kappa shape index (κ2) is 5.47. The maximum absolute atomic E-state index is 11.8. The van der Waals surface area contributed by atoms with E-state index >= 15 is 0 Å². The molecular formula is C11H19NO3. The van der Waals surface area contributed by atoms with Crippen LogP contribution in [0.1, 0.15) is 25.7 Å². The third kappa shape index (κ3) is 3.18. The van der Waals surface area contributed by atoms with E-state index in [1.807, 2.05) is 0 Å². The molecule has 2 fully saturated rings. The molecule has 2 heterocycles. The minimum absolute atomic E-state index is 0.0213. The van der Waals surface area contributed by atoms with Crippen molar-refractivity contribution in [2.75, 3.05) is 26.3 Å². The number of carbonyl (C=O) groups excluding carboxylic acids is 1. The highest BCUT2D eigenvalue weighted by Crippen LogP contribution is 2.18. The van der Waals surface area contributed by atoms with Crippen molar-refractivity contribution in [3.63, 3.8) is 0 Å². The summed E-state index contributed by atoms with van der Waals surface area (Å²) in [5.41, 5.74) is 0. The van der Waals surface area contributed by atoms with E-state index in [0.29, 0.717) is 13.2 Å². The van der Waals surface area contributed by atoms with Gasteiger partial charge in [0.05, 0.1) is 5.92 Å². The Hall–Kier alpha value is -0.610. The maximum Gasteiger partial charge on any atom is 0.309 e. The van der Waals surface area contributed by atoms with Crippen LogP contribution in [-0.4, -0.2) is 38.4 Å². The van der Waals surface area contributed by atoms with Crippen molar-refractivity contribution in [3.05, 3.63) is 0 Å². The molecule has 15 heavy (non-hydrogen) atoms. The average molecular weight is 213 g/mol. The minimum atomic E-state index is -0.0213. The van der Waals surface area contributed by atoms with E-state index in [0.717, 1.165) is 38.8 Å². The molecule has 0 spiro atoms. The van der Waals surface area contributed by atoms with Crippen LogP contribution in [0.15, 0.2) is 0 Å². The van der Waals surface area contributed by atoms with Gasteiger partial charge in [-0.25, -0.2) is 0 Å². The van der Waals surface area contributed by atoms with Crippen LogP contribution in [0.5, 0.6) is 0 Å². The molecule has 1 N–H and O–H groups in total. The van der Waals surface area contributed by atoms with Crippen LogP contribution < -0.4 is 5.32 Å². The summed E-state index contributed by atoms with van der Waals surface area (Å²) < 4.78 is 10.7. The fourth-order valence-electron chi connectivity index (χ4n) is 2.11. The molecule has 86 valence electrons. The Morgan fingerprint density at radius 1 is 1.27 bits per heavy atom. The highest BCUT2D eigenvalue weighted by Gasteiger charge is 2.26. The monoisotopic (exact) mass is 213 g/mol. The van der Waals surface area contributed by atoms with Gasteiger partial charge in [-0.2, -0.15) is 0 Å². The molecule has 2 aliphatic rings. The fourth-order valence-corrected chi connectivity index (χ4v) is 2.11. The van der Waals surface area contributed by atoms with Gasteiger partial charge in [-0.05, 0) is 32.2 Å². The SMILES string of the molecule is O=C(OC1CCCNC1)C1CCOCC1. The number of esters is 1. The Labute approximate surface area is 90.3 Å². The van der Waals surface area contributed by atoms with E-state index in [-0.39, 0.29) is 18.0 Å². The number of nitrogens with one attached hydrogen (secondary N) is 1. The highest BCUT2D eigenvalue weighted by molar-refractivity contribution is 5.72. The zero-order valence-corrected chi connectivity index (χ0v) is 9.04. The molecule has 0 aromatic heterocycles. The summed E-state index contributed by atoms with van der Waals surface area (Å²) in [5.74, 6) is 0.0488. The van der Waals surface area contributed by atoms with Gasteiger partial charge in [-0.15, -0.1) is 0 Å². The molecule has 0 radical (unpaired) electrons. The van der Waals surface area contributed by atoms with E-state index in [1.165, 1.54) is 0 Å². The summed E-state index contributed by atoms with van der Waals surface area (Å²) in [4.78, 5) is 11.8. The van der Waals surface area contributed by atoms with Crippen molar-refractivity contribution in [2.24, 2.45) is 5.92 Å². The molecule has 2 saturated heterocycles. The summed E-state index contributed by atoms with van der Waals surface area (Å²) in [6.45, 7) is 3.26. The molecule has 1 unspecified atom stereocenters. The molecule has 0 aromatic rings. The first-order chi connectivity index (χ1) is 7.36. The van der Waals surface area contributed by atoms with Crippen molar-refractivity contribution < 1.29 is 14.3 Å². The number of hydrogen-bond donors (Lipinski definition) is 1. The van der Waals surface area contributed by atoms with Gasteiger partial charge in [0, 0.05) is 19.8 Å². The van der Waals surface area contributed by atoms with Crippen molar-refractivity contribution in [3.8, 4) is 0 Å². The van der Waals surface area contributed by atoms with Gasteiger partial charge in [-0.3, -0.25) is 4.79 Å². The lowest BCUT2D eigenvalue weighted by atomic mass is 10.0. The molecule has 0 aliphatic carbocycles. The zero-order valence-electron chi connectivity index (χ0n) is 9.04. The molecule has 4 nitrogen and oxygen atoms in total.